The van der Waals surface area contributed by atoms with Gasteiger partial charge in [-0.25, -0.2) is 4.68 Å². The van der Waals surface area contributed by atoms with E-state index in [1.54, 1.807) is 10.7 Å². The van der Waals surface area contributed by atoms with Gasteiger partial charge in [0, 0.05) is 38.8 Å². The Balaban J connectivity index is 1.32. The van der Waals surface area contributed by atoms with E-state index in [9.17, 15) is 4.79 Å². The van der Waals surface area contributed by atoms with E-state index in [1.807, 2.05) is 19.1 Å². The molecule has 0 atom stereocenters. The molecule has 1 saturated heterocycles. The second-order valence-electron chi connectivity index (χ2n) is 7.25. The largest absolute Gasteiger partial charge is 0.353 e. The molecule has 1 aliphatic heterocycles. The fourth-order valence-corrected chi connectivity index (χ4v) is 3.76. The lowest BCUT2D eigenvalue weighted by Gasteiger charge is -2.35. The van der Waals surface area contributed by atoms with E-state index in [-0.39, 0.29) is 5.56 Å². The van der Waals surface area contributed by atoms with E-state index >= 15 is 0 Å². The van der Waals surface area contributed by atoms with Crippen LogP contribution in [0, 0.1) is 6.92 Å². The molecule has 138 valence electrons. The van der Waals surface area contributed by atoms with Crippen molar-refractivity contribution in [2.24, 2.45) is 0 Å². The van der Waals surface area contributed by atoms with Crippen LogP contribution in [0.4, 0.5) is 5.82 Å². The minimum atomic E-state index is 0.0409. The second-order valence-corrected chi connectivity index (χ2v) is 7.25. The van der Waals surface area contributed by atoms with Crippen LogP contribution in [0.2, 0.25) is 0 Å². The van der Waals surface area contributed by atoms with Crippen molar-refractivity contribution in [3.8, 4) is 0 Å². The molecule has 0 saturated carbocycles. The highest BCUT2D eigenvalue weighted by Gasteiger charge is 2.19. The number of aromatic nitrogens is 4. The first kappa shape index (κ1) is 17.1. The number of aryl methyl sites for hydroxylation is 3. The molecule has 0 aromatic carbocycles. The molecule has 26 heavy (non-hydrogen) atoms. The average Bonchev–Trinajstić information content (AvgIpc) is 2.67. The van der Waals surface area contributed by atoms with Crippen LogP contribution < -0.4 is 10.5 Å². The molecule has 0 N–H and O–H groups in total. The predicted molar refractivity (Wildman–Crippen MR) is 101 cm³/mol. The summed E-state index contributed by atoms with van der Waals surface area (Å²) in [6.45, 7) is 7.28. The molecule has 0 spiro atoms. The van der Waals surface area contributed by atoms with Crippen LogP contribution in [0.15, 0.2) is 23.0 Å². The fraction of sp³-hybridized carbons (Fsp3) is 0.579. The summed E-state index contributed by atoms with van der Waals surface area (Å²) in [5, 5.41) is 13.0. The molecule has 2 aromatic heterocycles. The van der Waals surface area contributed by atoms with Gasteiger partial charge in [-0.05, 0) is 50.3 Å². The fourth-order valence-electron chi connectivity index (χ4n) is 3.76. The summed E-state index contributed by atoms with van der Waals surface area (Å²) < 4.78 is 1.65. The molecule has 2 aromatic rings. The molecule has 0 amide bonds. The maximum absolute atomic E-state index is 12.3. The Kier molecular flexibility index (Phi) is 4.97. The average molecular weight is 354 g/mol. The van der Waals surface area contributed by atoms with Crippen molar-refractivity contribution in [1.29, 1.82) is 0 Å². The maximum atomic E-state index is 12.3. The summed E-state index contributed by atoms with van der Waals surface area (Å²) in [6, 6.07) is 5.84. The van der Waals surface area contributed by atoms with Crippen LogP contribution in [0.1, 0.15) is 29.8 Å². The number of rotatable bonds is 4. The molecule has 0 unspecified atom stereocenters. The predicted octanol–water partition coefficient (Wildman–Crippen LogP) is 1.04. The zero-order valence-corrected chi connectivity index (χ0v) is 15.4. The first-order valence-electron chi connectivity index (χ1n) is 9.56. The lowest BCUT2D eigenvalue weighted by molar-refractivity contribution is 0.241. The molecule has 7 nitrogen and oxygen atoms in total. The number of piperazine rings is 1. The number of hydrogen-bond acceptors (Lipinski definition) is 6. The Bertz CT molecular complexity index is 808. The second kappa shape index (κ2) is 7.53. The Morgan fingerprint density at radius 3 is 2.58 bits per heavy atom. The highest BCUT2D eigenvalue weighted by molar-refractivity contribution is 5.37. The SMILES string of the molecule is Cc1ccc(N2CCN(CCn3nc4c(cc3=O)CCCC4)CC2)nn1. The van der Waals surface area contributed by atoms with Crippen LogP contribution in [0.5, 0.6) is 0 Å². The van der Waals surface area contributed by atoms with Gasteiger partial charge < -0.3 is 4.90 Å². The van der Waals surface area contributed by atoms with Crippen LogP contribution in [-0.2, 0) is 19.4 Å². The molecule has 0 radical (unpaired) electrons. The summed E-state index contributed by atoms with van der Waals surface area (Å²) in [7, 11) is 0. The summed E-state index contributed by atoms with van der Waals surface area (Å²) in [4.78, 5) is 17.0. The van der Waals surface area contributed by atoms with Crippen molar-refractivity contribution < 1.29 is 0 Å². The Labute approximate surface area is 153 Å². The summed E-state index contributed by atoms with van der Waals surface area (Å²) in [5.74, 6) is 0.947. The normalized spacial score (nSPS) is 18.0. The minimum Gasteiger partial charge on any atom is -0.353 e. The number of nitrogens with zero attached hydrogens (tertiary/aromatic N) is 6. The molecular formula is C19H26N6O. The van der Waals surface area contributed by atoms with Gasteiger partial charge in [-0.1, -0.05) is 0 Å². The quantitative estimate of drug-likeness (QED) is 0.817. The van der Waals surface area contributed by atoms with Crippen molar-refractivity contribution in [3.05, 3.63) is 45.5 Å². The Hall–Kier alpha value is -2.28. The molecule has 1 fully saturated rings. The van der Waals surface area contributed by atoms with Crippen LogP contribution in [-0.4, -0.2) is 57.6 Å². The smallest absolute Gasteiger partial charge is 0.267 e. The van der Waals surface area contributed by atoms with E-state index in [4.69, 9.17) is 0 Å². The Morgan fingerprint density at radius 2 is 1.81 bits per heavy atom. The van der Waals surface area contributed by atoms with Crippen molar-refractivity contribution in [1.82, 2.24) is 24.9 Å². The van der Waals surface area contributed by atoms with Gasteiger partial charge in [0.05, 0.1) is 17.9 Å². The monoisotopic (exact) mass is 354 g/mol. The van der Waals surface area contributed by atoms with Crippen LogP contribution in [0.25, 0.3) is 0 Å². The topological polar surface area (TPSA) is 67.2 Å². The highest BCUT2D eigenvalue weighted by Crippen LogP contribution is 2.17. The standard InChI is InChI=1S/C19H26N6O/c1-15-6-7-18(21-20-15)24-11-8-23(9-12-24)10-13-25-19(26)14-16-4-2-3-5-17(16)22-25/h6-7,14H,2-5,8-13H2,1H3. The molecule has 0 bridgehead atoms. The Morgan fingerprint density at radius 1 is 1.00 bits per heavy atom. The van der Waals surface area contributed by atoms with E-state index in [2.05, 4.69) is 25.1 Å². The van der Waals surface area contributed by atoms with Crippen molar-refractivity contribution in [2.75, 3.05) is 37.6 Å². The molecule has 4 rings (SSSR count). The summed E-state index contributed by atoms with van der Waals surface area (Å²) in [6.07, 6.45) is 4.37. The first-order chi connectivity index (χ1) is 12.7. The molecular weight excluding hydrogens is 328 g/mol. The van der Waals surface area contributed by atoms with E-state index in [0.29, 0.717) is 6.54 Å². The molecule has 2 aliphatic rings. The lowest BCUT2D eigenvalue weighted by Crippen LogP contribution is -2.48. The number of fused-ring (bicyclic) bond motifs is 1. The third-order valence-electron chi connectivity index (χ3n) is 5.38. The van der Waals surface area contributed by atoms with Gasteiger partial charge in [0.25, 0.3) is 5.56 Å². The summed E-state index contributed by atoms with van der Waals surface area (Å²) >= 11 is 0. The number of hydrogen-bond donors (Lipinski definition) is 0. The van der Waals surface area contributed by atoms with Gasteiger partial charge in [0.15, 0.2) is 5.82 Å². The minimum absolute atomic E-state index is 0.0409. The zero-order chi connectivity index (χ0) is 17.9. The van der Waals surface area contributed by atoms with Gasteiger partial charge in [-0.15, -0.1) is 5.10 Å². The van der Waals surface area contributed by atoms with Gasteiger partial charge in [0.1, 0.15) is 0 Å². The van der Waals surface area contributed by atoms with E-state index < -0.39 is 0 Å². The van der Waals surface area contributed by atoms with Gasteiger partial charge in [-0.3, -0.25) is 9.69 Å². The van der Waals surface area contributed by atoms with E-state index in [0.717, 1.165) is 68.3 Å². The van der Waals surface area contributed by atoms with Crippen molar-refractivity contribution in [3.63, 3.8) is 0 Å². The van der Waals surface area contributed by atoms with Crippen LogP contribution in [0.3, 0.4) is 0 Å². The van der Waals surface area contributed by atoms with Gasteiger partial charge in [-0.2, -0.15) is 10.2 Å². The van der Waals surface area contributed by atoms with Crippen molar-refractivity contribution in [2.45, 2.75) is 39.2 Å². The molecule has 3 heterocycles. The third-order valence-corrected chi connectivity index (χ3v) is 5.38. The molecule has 7 heteroatoms. The first-order valence-corrected chi connectivity index (χ1v) is 9.56. The van der Waals surface area contributed by atoms with Crippen molar-refractivity contribution >= 4 is 5.82 Å². The van der Waals surface area contributed by atoms with Gasteiger partial charge in [0.2, 0.25) is 0 Å². The summed E-state index contributed by atoms with van der Waals surface area (Å²) in [5.41, 5.74) is 3.26. The maximum Gasteiger partial charge on any atom is 0.267 e. The molecule has 1 aliphatic carbocycles. The zero-order valence-electron chi connectivity index (χ0n) is 15.4. The van der Waals surface area contributed by atoms with Crippen LogP contribution >= 0.6 is 0 Å². The third kappa shape index (κ3) is 3.77. The van der Waals surface area contributed by atoms with E-state index in [1.165, 1.54) is 12.8 Å². The van der Waals surface area contributed by atoms with Gasteiger partial charge >= 0.3 is 0 Å². The number of anilines is 1. The lowest BCUT2D eigenvalue weighted by atomic mass is 9.97. The highest BCUT2D eigenvalue weighted by atomic mass is 16.1.